The fourth-order valence-corrected chi connectivity index (χ4v) is 2.72. The lowest BCUT2D eigenvalue weighted by Crippen LogP contribution is -2.16. The maximum absolute atomic E-state index is 12.6. The fraction of sp³-hybridized carbons (Fsp3) is 0.333. The highest BCUT2D eigenvalue weighted by atomic mass is 19.4. The summed E-state index contributed by atoms with van der Waals surface area (Å²) in [5.41, 5.74) is 9.64. The zero-order valence-electron chi connectivity index (χ0n) is 12.7. The monoisotopic (exact) mass is 307 g/mol. The molecule has 2 rings (SSSR count). The van der Waals surface area contributed by atoms with E-state index in [0.29, 0.717) is 13.0 Å². The van der Waals surface area contributed by atoms with Crippen LogP contribution < -0.4 is 5.73 Å². The molecule has 0 spiro atoms. The van der Waals surface area contributed by atoms with E-state index in [1.165, 1.54) is 23.3 Å². The first-order chi connectivity index (χ1) is 10.3. The standard InChI is InChI=1S/C18H20F3N/c1-12-3-8-17(13(2)9-12)15(11-22)10-14-4-6-16(7-5-14)18(19,20)21/h3-9,15H,10-11,22H2,1-2H3. The molecule has 0 aliphatic carbocycles. The average Bonchev–Trinajstić information content (AvgIpc) is 2.45. The van der Waals surface area contributed by atoms with E-state index in [9.17, 15) is 13.2 Å². The molecule has 2 aromatic carbocycles. The molecule has 4 heteroatoms. The molecule has 1 unspecified atom stereocenters. The largest absolute Gasteiger partial charge is 0.416 e. The Balaban J connectivity index is 2.20. The van der Waals surface area contributed by atoms with Gasteiger partial charge in [-0.2, -0.15) is 13.2 Å². The van der Waals surface area contributed by atoms with Crippen LogP contribution in [0.4, 0.5) is 13.2 Å². The normalized spacial score (nSPS) is 13.2. The van der Waals surface area contributed by atoms with Crippen molar-refractivity contribution in [3.05, 3.63) is 70.3 Å². The Morgan fingerprint density at radius 3 is 2.14 bits per heavy atom. The van der Waals surface area contributed by atoms with E-state index in [-0.39, 0.29) is 5.92 Å². The first-order valence-electron chi connectivity index (χ1n) is 7.24. The van der Waals surface area contributed by atoms with E-state index in [1.54, 1.807) is 0 Å². The molecule has 1 nitrogen and oxygen atoms in total. The molecule has 0 aromatic heterocycles. The number of benzene rings is 2. The van der Waals surface area contributed by atoms with Gasteiger partial charge in [0.1, 0.15) is 0 Å². The Morgan fingerprint density at radius 1 is 1.00 bits per heavy atom. The third-order valence-electron chi connectivity index (χ3n) is 3.91. The molecular weight excluding hydrogens is 287 g/mol. The number of hydrogen-bond acceptors (Lipinski definition) is 1. The zero-order chi connectivity index (χ0) is 16.3. The number of hydrogen-bond donors (Lipinski definition) is 1. The van der Waals surface area contributed by atoms with E-state index in [1.807, 2.05) is 19.9 Å². The second-order valence-corrected chi connectivity index (χ2v) is 5.69. The van der Waals surface area contributed by atoms with Gasteiger partial charge in [0.25, 0.3) is 0 Å². The van der Waals surface area contributed by atoms with Gasteiger partial charge < -0.3 is 5.73 Å². The van der Waals surface area contributed by atoms with Crippen molar-refractivity contribution >= 4 is 0 Å². The molecule has 0 saturated heterocycles. The van der Waals surface area contributed by atoms with Crippen molar-refractivity contribution in [1.82, 2.24) is 0 Å². The van der Waals surface area contributed by atoms with Gasteiger partial charge in [0.05, 0.1) is 5.56 Å². The number of aryl methyl sites for hydroxylation is 2. The molecule has 0 bridgehead atoms. The molecule has 0 radical (unpaired) electrons. The summed E-state index contributed by atoms with van der Waals surface area (Å²) >= 11 is 0. The van der Waals surface area contributed by atoms with Gasteiger partial charge >= 0.3 is 6.18 Å². The Labute approximate surface area is 129 Å². The molecule has 118 valence electrons. The summed E-state index contributed by atoms with van der Waals surface area (Å²) in [5.74, 6) is 0.109. The molecule has 0 aliphatic heterocycles. The molecule has 1 atom stereocenters. The number of halogens is 3. The van der Waals surface area contributed by atoms with E-state index >= 15 is 0 Å². The van der Waals surface area contributed by atoms with E-state index in [4.69, 9.17) is 5.73 Å². The van der Waals surface area contributed by atoms with Crippen LogP contribution in [0, 0.1) is 13.8 Å². The van der Waals surface area contributed by atoms with Crippen molar-refractivity contribution in [2.24, 2.45) is 5.73 Å². The predicted octanol–water partition coefficient (Wildman–Crippen LogP) is 4.61. The van der Waals surface area contributed by atoms with Crippen LogP contribution in [0.5, 0.6) is 0 Å². The van der Waals surface area contributed by atoms with Gasteiger partial charge in [0, 0.05) is 5.92 Å². The highest BCUT2D eigenvalue weighted by molar-refractivity contribution is 5.35. The van der Waals surface area contributed by atoms with E-state index in [0.717, 1.165) is 23.3 Å². The minimum Gasteiger partial charge on any atom is -0.330 e. The Morgan fingerprint density at radius 2 is 1.64 bits per heavy atom. The Bertz CT molecular complexity index is 630. The molecule has 22 heavy (non-hydrogen) atoms. The van der Waals surface area contributed by atoms with Crippen molar-refractivity contribution in [3.63, 3.8) is 0 Å². The number of alkyl halides is 3. The molecule has 0 saturated carbocycles. The summed E-state index contributed by atoms with van der Waals surface area (Å²) in [6, 6.07) is 11.5. The van der Waals surface area contributed by atoms with Crippen LogP contribution in [-0.2, 0) is 12.6 Å². The summed E-state index contributed by atoms with van der Waals surface area (Å²) in [5, 5.41) is 0. The van der Waals surface area contributed by atoms with Crippen LogP contribution in [0.25, 0.3) is 0 Å². The maximum Gasteiger partial charge on any atom is 0.416 e. The predicted molar refractivity (Wildman–Crippen MR) is 82.9 cm³/mol. The molecule has 2 aromatic rings. The van der Waals surface area contributed by atoms with Gasteiger partial charge in [-0.05, 0) is 55.6 Å². The van der Waals surface area contributed by atoms with Crippen LogP contribution in [0.2, 0.25) is 0 Å². The van der Waals surface area contributed by atoms with Gasteiger partial charge in [-0.15, -0.1) is 0 Å². The molecule has 0 amide bonds. The molecule has 0 heterocycles. The van der Waals surface area contributed by atoms with Crippen molar-refractivity contribution in [2.45, 2.75) is 32.4 Å². The third-order valence-corrected chi connectivity index (χ3v) is 3.91. The lowest BCUT2D eigenvalue weighted by Gasteiger charge is -2.18. The lowest BCUT2D eigenvalue weighted by atomic mass is 9.88. The first kappa shape index (κ1) is 16.6. The van der Waals surface area contributed by atoms with Crippen LogP contribution >= 0.6 is 0 Å². The van der Waals surface area contributed by atoms with Gasteiger partial charge in [-0.1, -0.05) is 35.9 Å². The molecule has 0 aliphatic rings. The smallest absolute Gasteiger partial charge is 0.330 e. The van der Waals surface area contributed by atoms with Crippen molar-refractivity contribution in [3.8, 4) is 0 Å². The molecule has 2 N–H and O–H groups in total. The number of rotatable bonds is 4. The minimum atomic E-state index is -4.29. The lowest BCUT2D eigenvalue weighted by molar-refractivity contribution is -0.137. The Kier molecular flexibility index (Phi) is 4.91. The minimum absolute atomic E-state index is 0.109. The quantitative estimate of drug-likeness (QED) is 0.877. The van der Waals surface area contributed by atoms with E-state index < -0.39 is 11.7 Å². The Hall–Kier alpha value is -1.81. The molecule has 0 fully saturated rings. The zero-order valence-corrected chi connectivity index (χ0v) is 12.7. The highest BCUT2D eigenvalue weighted by Gasteiger charge is 2.30. The summed E-state index contributed by atoms with van der Waals surface area (Å²) in [7, 11) is 0. The molecular formula is C18H20F3N. The van der Waals surface area contributed by atoms with Gasteiger partial charge in [-0.3, -0.25) is 0 Å². The second-order valence-electron chi connectivity index (χ2n) is 5.69. The summed E-state index contributed by atoms with van der Waals surface area (Å²) in [4.78, 5) is 0. The van der Waals surface area contributed by atoms with Crippen molar-refractivity contribution in [1.29, 1.82) is 0 Å². The SMILES string of the molecule is Cc1ccc(C(CN)Cc2ccc(C(F)(F)F)cc2)c(C)c1. The van der Waals surface area contributed by atoms with Crippen molar-refractivity contribution < 1.29 is 13.2 Å². The van der Waals surface area contributed by atoms with Crippen LogP contribution in [0.3, 0.4) is 0 Å². The summed E-state index contributed by atoms with van der Waals surface area (Å²) in [6.45, 7) is 4.53. The number of nitrogens with two attached hydrogens (primary N) is 1. The maximum atomic E-state index is 12.6. The fourth-order valence-electron chi connectivity index (χ4n) is 2.72. The van der Waals surface area contributed by atoms with Gasteiger partial charge in [0.2, 0.25) is 0 Å². The summed E-state index contributed by atoms with van der Waals surface area (Å²) in [6.07, 6.45) is -3.65. The average molecular weight is 307 g/mol. The first-order valence-corrected chi connectivity index (χ1v) is 7.24. The topological polar surface area (TPSA) is 26.0 Å². The van der Waals surface area contributed by atoms with Crippen molar-refractivity contribution in [2.75, 3.05) is 6.54 Å². The summed E-state index contributed by atoms with van der Waals surface area (Å²) < 4.78 is 37.8. The highest BCUT2D eigenvalue weighted by Crippen LogP contribution is 2.30. The third kappa shape index (κ3) is 3.89. The van der Waals surface area contributed by atoms with Gasteiger partial charge in [-0.25, -0.2) is 0 Å². The van der Waals surface area contributed by atoms with Crippen LogP contribution in [0.1, 0.15) is 33.7 Å². The van der Waals surface area contributed by atoms with Crippen LogP contribution in [0.15, 0.2) is 42.5 Å². The van der Waals surface area contributed by atoms with Crippen LogP contribution in [-0.4, -0.2) is 6.54 Å². The van der Waals surface area contributed by atoms with Gasteiger partial charge in [0.15, 0.2) is 0 Å². The second kappa shape index (κ2) is 6.53. The van der Waals surface area contributed by atoms with E-state index in [2.05, 4.69) is 12.1 Å².